The van der Waals surface area contributed by atoms with Crippen LogP contribution in [-0.4, -0.2) is 33.6 Å². The number of nitrogens with zero attached hydrogens (tertiary/aromatic N) is 1. The highest BCUT2D eigenvalue weighted by Gasteiger charge is 2.16. The van der Waals surface area contributed by atoms with Crippen LogP contribution < -0.4 is 5.32 Å². The number of carbonyl (C=O) groups excluding carboxylic acids is 1. The van der Waals surface area contributed by atoms with Crippen LogP contribution in [0.25, 0.3) is 11.0 Å². The topological polar surface area (TPSA) is 78.0 Å². The highest BCUT2D eigenvalue weighted by atomic mass is 19.1. The lowest BCUT2D eigenvalue weighted by molar-refractivity contribution is -0.122. The third-order valence-corrected chi connectivity index (χ3v) is 3.69. The minimum Gasteiger partial charge on any atom is -0.396 e. The predicted octanol–water partition coefficient (Wildman–Crippen LogP) is 2.16. The van der Waals surface area contributed by atoms with Crippen LogP contribution in [0.2, 0.25) is 0 Å². The lowest BCUT2D eigenvalue weighted by Crippen LogP contribution is -2.39. The molecule has 1 aromatic carbocycles. The van der Waals surface area contributed by atoms with Crippen molar-refractivity contribution in [1.29, 1.82) is 0 Å². The van der Waals surface area contributed by atoms with Crippen LogP contribution in [0.1, 0.15) is 32.5 Å². The highest BCUT2D eigenvalue weighted by Crippen LogP contribution is 2.15. The second-order valence-corrected chi connectivity index (χ2v) is 5.75. The molecule has 0 fully saturated rings. The molecule has 5 nitrogen and oxygen atoms in total. The van der Waals surface area contributed by atoms with E-state index in [1.54, 1.807) is 12.1 Å². The van der Waals surface area contributed by atoms with Gasteiger partial charge in [-0.2, -0.15) is 0 Å². The van der Waals surface area contributed by atoms with E-state index in [0.717, 1.165) is 0 Å². The number of fused-ring (bicyclic) bond motifs is 1. The Morgan fingerprint density at radius 3 is 2.86 bits per heavy atom. The minimum absolute atomic E-state index is 0.0365. The van der Waals surface area contributed by atoms with Gasteiger partial charge in [0.25, 0.3) is 0 Å². The van der Waals surface area contributed by atoms with E-state index in [-0.39, 0.29) is 36.7 Å². The molecule has 120 valence electrons. The Labute approximate surface area is 128 Å². The maximum atomic E-state index is 13.6. The maximum absolute atomic E-state index is 13.6. The second kappa shape index (κ2) is 7.35. The Balaban J connectivity index is 1.93. The fourth-order valence-corrected chi connectivity index (χ4v) is 2.39. The average Bonchev–Trinajstić information content (AvgIpc) is 2.89. The molecule has 3 N–H and O–H groups in total. The first-order chi connectivity index (χ1) is 10.5. The Bertz CT molecular complexity index is 639. The molecule has 2 aromatic rings. The van der Waals surface area contributed by atoms with E-state index in [9.17, 15) is 9.18 Å². The van der Waals surface area contributed by atoms with E-state index in [2.05, 4.69) is 15.3 Å². The number of halogens is 1. The molecule has 6 heteroatoms. The number of rotatable bonds is 7. The number of amides is 1. The van der Waals surface area contributed by atoms with Crippen LogP contribution >= 0.6 is 0 Å². The van der Waals surface area contributed by atoms with Crippen molar-refractivity contribution in [2.75, 3.05) is 6.61 Å². The first-order valence-corrected chi connectivity index (χ1v) is 7.54. The van der Waals surface area contributed by atoms with Gasteiger partial charge in [-0.1, -0.05) is 19.9 Å². The molecule has 0 bridgehead atoms. The molecule has 1 heterocycles. The fourth-order valence-electron chi connectivity index (χ4n) is 2.39. The molecule has 0 spiro atoms. The maximum Gasteiger partial charge on any atom is 0.220 e. The number of nitrogens with one attached hydrogen (secondary N) is 2. The van der Waals surface area contributed by atoms with E-state index >= 15 is 0 Å². The monoisotopic (exact) mass is 307 g/mol. The number of hydrogen-bond acceptors (Lipinski definition) is 3. The van der Waals surface area contributed by atoms with Gasteiger partial charge >= 0.3 is 0 Å². The summed E-state index contributed by atoms with van der Waals surface area (Å²) >= 11 is 0. The summed E-state index contributed by atoms with van der Waals surface area (Å²) in [7, 11) is 0. The number of aliphatic hydroxyl groups is 1. The number of para-hydroxylation sites is 1. The summed E-state index contributed by atoms with van der Waals surface area (Å²) in [6.45, 7) is 4.05. The molecule has 0 aliphatic rings. The Hall–Kier alpha value is -1.95. The van der Waals surface area contributed by atoms with Crippen molar-refractivity contribution < 1.29 is 14.3 Å². The molecular formula is C16H22FN3O2. The molecular weight excluding hydrogens is 285 g/mol. The first-order valence-electron chi connectivity index (χ1n) is 7.54. The Kier molecular flexibility index (Phi) is 5.49. The van der Waals surface area contributed by atoms with Gasteiger partial charge in [0.1, 0.15) is 11.3 Å². The molecule has 1 aromatic heterocycles. The van der Waals surface area contributed by atoms with E-state index in [4.69, 9.17) is 5.11 Å². The number of imidazole rings is 1. The fraction of sp³-hybridized carbons (Fsp3) is 0.500. The van der Waals surface area contributed by atoms with Gasteiger partial charge in [-0.15, -0.1) is 0 Å². The number of H-pyrrole nitrogens is 1. The van der Waals surface area contributed by atoms with Crippen LogP contribution in [0.5, 0.6) is 0 Å². The summed E-state index contributed by atoms with van der Waals surface area (Å²) in [6.07, 6.45) is 1.24. The number of benzene rings is 1. The molecule has 0 saturated heterocycles. The lowest BCUT2D eigenvalue weighted by atomic mass is 10.0. The number of hydrogen-bond donors (Lipinski definition) is 3. The second-order valence-electron chi connectivity index (χ2n) is 5.75. The first kappa shape index (κ1) is 16.4. The highest BCUT2D eigenvalue weighted by molar-refractivity contribution is 5.77. The average molecular weight is 307 g/mol. The summed E-state index contributed by atoms with van der Waals surface area (Å²) in [5.74, 6) is 0.398. The smallest absolute Gasteiger partial charge is 0.220 e. The molecule has 0 radical (unpaired) electrons. The van der Waals surface area contributed by atoms with E-state index in [1.807, 2.05) is 13.8 Å². The summed E-state index contributed by atoms with van der Waals surface area (Å²) in [5.41, 5.74) is 0.939. The molecule has 0 aliphatic carbocycles. The van der Waals surface area contributed by atoms with Gasteiger partial charge in [-0.25, -0.2) is 9.37 Å². The van der Waals surface area contributed by atoms with E-state index in [1.165, 1.54) is 6.07 Å². The van der Waals surface area contributed by atoms with Crippen molar-refractivity contribution >= 4 is 16.9 Å². The summed E-state index contributed by atoms with van der Waals surface area (Å²) in [5, 5.41) is 11.9. The lowest BCUT2D eigenvalue weighted by Gasteiger charge is -2.21. The van der Waals surface area contributed by atoms with Gasteiger partial charge < -0.3 is 15.4 Å². The molecule has 22 heavy (non-hydrogen) atoms. The Morgan fingerprint density at radius 2 is 2.23 bits per heavy atom. The summed E-state index contributed by atoms with van der Waals surface area (Å²) in [4.78, 5) is 19.2. The Morgan fingerprint density at radius 1 is 1.45 bits per heavy atom. The van der Waals surface area contributed by atoms with Crippen LogP contribution in [0.15, 0.2) is 18.2 Å². The van der Waals surface area contributed by atoms with Gasteiger partial charge in [-0.05, 0) is 24.5 Å². The van der Waals surface area contributed by atoms with Crippen LogP contribution in [0.3, 0.4) is 0 Å². The predicted molar refractivity (Wildman–Crippen MR) is 82.8 cm³/mol. The largest absolute Gasteiger partial charge is 0.396 e. The SMILES string of the molecule is CC(C)C(CCO)NC(=O)CCc1nc2c(F)cccc2[nH]1. The van der Waals surface area contributed by atoms with Crippen molar-refractivity contribution in [3.05, 3.63) is 29.8 Å². The zero-order chi connectivity index (χ0) is 16.1. The minimum atomic E-state index is -0.368. The van der Waals surface area contributed by atoms with Crippen molar-refractivity contribution in [3.63, 3.8) is 0 Å². The van der Waals surface area contributed by atoms with Crippen molar-refractivity contribution in [2.24, 2.45) is 5.92 Å². The third kappa shape index (κ3) is 4.04. The normalized spacial score (nSPS) is 12.8. The van der Waals surface area contributed by atoms with E-state index < -0.39 is 0 Å². The number of aromatic amines is 1. The third-order valence-electron chi connectivity index (χ3n) is 3.69. The number of carbonyl (C=O) groups is 1. The number of aromatic nitrogens is 2. The number of aliphatic hydroxyl groups excluding tert-OH is 1. The van der Waals surface area contributed by atoms with Crippen molar-refractivity contribution in [2.45, 2.75) is 39.2 Å². The molecule has 1 amide bonds. The van der Waals surface area contributed by atoms with Crippen molar-refractivity contribution in [3.8, 4) is 0 Å². The van der Waals surface area contributed by atoms with Gasteiger partial charge in [0.2, 0.25) is 5.91 Å². The molecule has 0 saturated carbocycles. The van der Waals surface area contributed by atoms with Gasteiger partial charge in [0, 0.05) is 25.5 Å². The standard InChI is InChI=1S/C16H22FN3O2/c1-10(2)12(8-9-21)19-15(22)7-6-14-18-13-5-3-4-11(17)16(13)20-14/h3-5,10,12,21H,6-9H2,1-2H3,(H,18,20)(H,19,22). The molecule has 1 atom stereocenters. The van der Waals surface area contributed by atoms with Gasteiger partial charge in [0.15, 0.2) is 5.82 Å². The van der Waals surface area contributed by atoms with Crippen molar-refractivity contribution in [1.82, 2.24) is 15.3 Å². The zero-order valence-corrected chi connectivity index (χ0v) is 12.9. The van der Waals surface area contributed by atoms with E-state index in [0.29, 0.717) is 29.7 Å². The number of aryl methyl sites for hydroxylation is 1. The molecule has 1 unspecified atom stereocenters. The van der Waals surface area contributed by atoms with Crippen LogP contribution in [0, 0.1) is 11.7 Å². The summed E-state index contributed by atoms with van der Waals surface area (Å²) in [6, 6.07) is 4.70. The quantitative estimate of drug-likeness (QED) is 0.733. The van der Waals surface area contributed by atoms with Gasteiger partial charge in [-0.3, -0.25) is 4.79 Å². The molecule has 2 rings (SSSR count). The van der Waals surface area contributed by atoms with Gasteiger partial charge in [0.05, 0.1) is 5.52 Å². The van der Waals surface area contributed by atoms with Crippen LogP contribution in [0.4, 0.5) is 4.39 Å². The molecule has 0 aliphatic heterocycles. The summed E-state index contributed by atoms with van der Waals surface area (Å²) < 4.78 is 13.6. The zero-order valence-electron chi connectivity index (χ0n) is 12.9. The van der Waals surface area contributed by atoms with Crippen LogP contribution in [-0.2, 0) is 11.2 Å².